The molecule has 0 amide bonds. The number of carbonyl (C=O) groups excluding carboxylic acids is 1. The third-order valence-electron chi connectivity index (χ3n) is 2.57. The predicted molar refractivity (Wildman–Crippen MR) is 57.8 cm³/mol. The molecule has 0 aromatic carbocycles. The van der Waals surface area contributed by atoms with Crippen molar-refractivity contribution >= 4 is 5.78 Å². The molecule has 13 heavy (non-hydrogen) atoms. The fourth-order valence-corrected chi connectivity index (χ4v) is 1.47. The minimum absolute atomic E-state index is 0.303. The van der Waals surface area contributed by atoms with Crippen LogP contribution in [-0.4, -0.2) is 5.78 Å². The Morgan fingerprint density at radius 2 is 1.69 bits per heavy atom. The number of rotatable bonds is 8. The standard InChI is InChI=1S/C12H24O/c1-4-6-8-10-12(13)11(3)9-7-5-2/h11H,4-10H2,1-3H3. The monoisotopic (exact) mass is 184 g/mol. The molecule has 78 valence electrons. The lowest BCUT2D eigenvalue weighted by atomic mass is 9.96. The van der Waals surface area contributed by atoms with Crippen molar-refractivity contribution in [1.82, 2.24) is 0 Å². The number of ketones is 1. The van der Waals surface area contributed by atoms with Gasteiger partial charge in [0.2, 0.25) is 0 Å². The molecule has 0 N–H and O–H groups in total. The highest BCUT2D eigenvalue weighted by Gasteiger charge is 2.10. The zero-order chi connectivity index (χ0) is 10.1. The molecule has 0 aromatic rings. The van der Waals surface area contributed by atoms with E-state index in [1.54, 1.807) is 0 Å². The molecule has 1 nitrogen and oxygen atoms in total. The Kier molecular flexibility index (Phi) is 8.07. The van der Waals surface area contributed by atoms with Gasteiger partial charge in [0.1, 0.15) is 5.78 Å². The van der Waals surface area contributed by atoms with Crippen molar-refractivity contribution in [3.05, 3.63) is 0 Å². The van der Waals surface area contributed by atoms with Gasteiger partial charge in [0.15, 0.2) is 0 Å². The topological polar surface area (TPSA) is 17.1 Å². The van der Waals surface area contributed by atoms with Crippen molar-refractivity contribution in [3.8, 4) is 0 Å². The van der Waals surface area contributed by atoms with Gasteiger partial charge in [0.25, 0.3) is 0 Å². The summed E-state index contributed by atoms with van der Waals surface area (Å²) in [5.74, 6) is 0.777. The predicted octanol–water partition coefficient (Wildman–Crippen LogP) is 3.96. The maximum Gasteiger partial charge on any atom is 0.135 e. The Hall–Kier alpha value is -0.330. The van der Waals surface area contributed by atoms with Crippen LogP contribution in [0.1, 0.15) is 65.7 Å². The summed E-state index contributed by atoms with van der Waals surface area (Å²) in [5.41, 5.74) is 0. The second kappa shape index (κ2) is 8.28. The Morgan fingerprint density at radius 3 is 2.23 bits per heavy atom. The van der Waals surface area contributed by atoms with Crippen molar-refractivity contribution in [2.24, 2.45) is 5.92 Å². The van der Waals surface area contributed by atoms with Crippen LogP contribution in [0.3, 0.4) is 0 Å². The lowest BCUT2D eigenvalue weighted by Crippen LogP contribution is -2.10. The van der Waals surface area contributed by atoms with Crippen molar-refractivity contribution < 1.29 is 4.79 Å². The number of Topliss-reactive ketones (excluding diaryl/α,β-unsaturated/α-hetero) is 1. The van der Waals surface area contributed by atoms with Crippen LogP contribution in [-0.2, 0) is 4.79 Å². The highest BCUT2D eigenvalue weighted by atomic mass is 16.1. The van der Waals surface area contributed by atoms with Crippen LogP contribution in [0.2, 0.25) is 0 Å². The lowest BCUT2D eigenvalue weighted by Gasteiger charge is -2.08. The van der Waals surface area contributed by atoms with Crippen molar-refractivity contribution in [3.63, 3.8) is 0 Å². The summed E-state index contributed by atoms with van der Waals surface area (Å²) in [5, 5.41) is 0. The van der Waals surface area contributed by atoms with Crippen LogP contribution in [0, 0.1) is 5.92 Å². The van der Waals surface area contributed by atoms with Gasteiger partial charge in [0, 0.05) is 12.3 Å². The first-order chi connectivity index (χ1) is 6.22. The van der Waals surface area contributed by atoms with E-state index in [1.165, 1.54) is 25.7 Å². The summed E-state index contributed by atoms with van der Waals surface area (Å²) in [7, 11) is 0. The first-order valence-electron chi connectivity index (χ1n) is 5.75. The van der Waals surface area contributed by atoms with Crippen LogP contribution in [0.5, 0.6) is 0 Å². The summed E-state index contributed by atoms with van der Waals surface area (Å²) in [6.07, 6.45) is 7.78. The van der Waals surface area contributed by atoms with Crippen molar-refractivity contribution in [2.75, 3.05) is 0 Å². The number of carbonyl (C=O) groups is 1. The molecule has 0 saturated heterocycles. The minimum atomic E-state index is 0.303. The third kappa shape index (κ3) is 6.80. The Bertz CT molecular complexity index is 129. The normalized spacial score (nSPS) is 12.8. The van der Waals surface area contributed by atoms with Crippen molar-refractivity contribution in [2.45, 2.75) is 65.7 Å². The van der Waals surface area contributed by atoms with Crippen LogP contribution < -0.4 is 0 Å². The molecule has 0 aromatic heterocycles. The zero-order valence-corrected chi connectivity index (χ0v) is 9.44. The van der Waals surface area contributed by atoms with E-state index in [-0.39, 0.29) is 0 Å². The van der Waals surface area contributed by atoms with Gasteiger partial charge < -0.3 is 0 Å². The van der Waals surface area contributed by atoms with Crippen LogP contribution in [0.4, 0.5) is 0 Å². The Labute approximate surface area is 82.9 Å². The van der Waals surface area contributed by atoms with Gasteiger partial charge in [-0.05, 0) is 12.8 Å². The average molecular weight is 184 g/mol. The quantitative estimate of drug-likeness (QED) is 0.522. The molecule has 0 aliphatic carbocycles. The number of hydrogen-bond acceptors (Lipinski definition) is 1. The number of hydrogen-bond donors (Lipinski definition) is 0. The lowest BCUT2D eigenvalue weighted by molar-refractivity contribution is -0.122. The largest absolute Gasteiger partial charge is 0.299 e. The second-order valence-corrected chi connectivity index (χ2v) is 3.97. The molecular weight excluding hydrogens is 160 g/mol. The van der Waals surface area contributed by atoms with Gasteiger partial charge in [-0.3, -0.25) is 4.79 Å². The first kappa shape index (κ1) is 12.7. The number of unbranched alkanes of at least 4 members (excludes halogenated alkanes) is 3. The third-order valence-corrected chi connectivity index (χ3v) is 2.57. The van der Waals surface area contributed by atoms with E-state index in [4.69, 9.17) is 0 Å². The summed E-state index contributed by atoms with van der Waals surface area (Å²) < 4.78 is 0. The average Bonchev–Trinajstić information content (AvgIpc) is 2.14. The minimum Gasteiger partial charge on any atom is -0.299 e. The van der Waals surface area contributed by atoms with Crippen molar-refractivity contribution in [1.29, 1.82) is 0 Å². The SMILES string of the molecule is CCCCCC(=O)C(C)CCCC. The van der Waals surface area contributed by atoms with E-state index in [2.05, 4.69) is 20.8 Å². The highest BCUT2D eigenvalue weighted by molar-refractivity contribution is 5.80. The van der Waals surface area contributed by atoms with Gasteiger partial charge >= 0.3 is 0 Å². The molecule has 0 aliphatic rings. The first-order valence-corrected chi connectivity index (χ1v) is 5.75. The van der Waals surface area contributed by atoms with E-state index >= 15 is 0 Å². The summed E-state index contributed by atoms with van der Waals surface area (Å²) >= 11 is 0. The molecule has 0 bridgehead atoms. The fraction of sp³-hybridized carbons (Fsp3) is 0.917. The van der Waals surface area contributed by atoms with Gasteiger partial charge in [-0.2, -0.15) is 0 Å². The fourth-order valence-electron chi connectivity index (χ4n) is 1.47. The van der Waals surface area contributed by atoms with Gasteiger partial charge in [-0.1, -0.05) is 46.5 Å². The molecule has 0 heterocycles. The molecule has 0 aliphatic heterocycles. The molecule has 0 rings (SSSR count). The molecule has 1 heteroatoms. The molecule has 0 fully saturated rings. The van der Waals surface area contributed by atoms with Gasteiger partial charge in [-0.25, -0.2) is 0 Å². The summed E-state index contributed by atoms with van der Waals surface area (Å²) in [6.45, 7) is 6.42. The molecule has 0 radical (unpaired) electrons. The maximum atomic E-state index is 11.5. The molecule has 1 atom stereocenters. The van der Waals surface area contributed by atoms with Crippen LogP contribution in [0.15, 0.2) is 0 Å². The van der Waals surface area contributed by atoms with Crippen LogP contribution in [0.25, 0.3) is 0 Å². The highest BCUT2D eigenvalue weighted by Crippen LogP contribution is 2.12. The summed E-state index contributed by atoms with van der Waals surface area (Å²) in [4.78, 5) is 11.5. The van der Waals surface area contributed by atoms with Gasteiger partial charge in [0.05, 0.1) is 0 Å². The van der Waals surface area contributed by atoms with E-state index in [1.807, 2.05) is 0 Å². The molecule has 0 spiro atoms. The van der Waals surface area contributed by atoms with E-state index in [0.717, 1.165) is 19.3 Å². The molecule has 1 unspecified atom stereocenters. The summed E-state index contributed by atoms with van der Waals surface area (Å²) in [6, 6.07) is 0. The Morgan fingerprint density at radius 1 is 1.08 bits per heavy atom. The smallest absolute Gasteiger partial charge is 0.135 e. The maximum absolute atomic E-state index is 11.5. The van der Waals surface area contributed by atoms with Gasteiger partial charge in [-0.15, -0.1) is 0 Å². The molecular formula is C12H24O. The Balaban J connectivity index is 3.45. The zero-order valence-electron chi connectivity index (χ0n) is 9.44. The van der Waals surface area contributed by atoms with E-state index in [9.17, 15) is 4.79 Å². The molecule has 0 saturated carbocycles. The van der Waals surface area contributed by atoms with E-state index < -0.39 is 0 Å². The van der Waals surface area contributed by atoms with Crippen LogP contribution >= 0.6 is 0 Å². The second-order valence-electron chi connectivity index (χ2n) is 3.97. The van der Waals surface area contributed by atoms with E-state index in [0.29, 0.717) is 11.7 Å².